The third-order valence-electron chi connectivity index (χ3n) is 7.41. The van der Waals surface area contributed by atoms with Crippen LogP contribution in [0.15, 0.2) is 24.3 Å². The number of hydrogen-bond donors (Lipinski definition) is 1. The molecule has 2 fully saturated rings. The summed E-state index contributed by atoms with van der Waals surface area (Å²) in [4.78, 5) is 27.8. The molecule has 3 aliphatic rings. The zero-order valence-corrected chi connectivity index (χ0v) is 18.2. The van der Waals surface area contributed by atoms with Crippen LogP contribution in [-0.4, -0.2) is 43.0 Å². The van der Waals surface area contributed by atoms with E-state index in [1.807, 2.05) is 17.0 Å². The Morgan fingerprint density at radius 3 is 2.57 bits per heavy atom. The molecule has 1 aromatic carbocycles. The van der Waals surface area contributed by atoms with Crippen molar-refractivity contribution in [1.82, 2.24) is 10.2 Å². The van der Waals surface area contributed by atoms with Crippen molar-refractivity contribution in [3.05, 3.63) is 29.8 Å². The van der Waals surface area contributed by atoms with Gasteiger partial charge in [0.05, 0.1) is 12.0 Å². The van der Waals surface area contributed by atoms with Crippen LogP contribution in [0.1, 0.15) is 69.8 Å². The zero-order valence-electron chi connectivity index (χ0n) is 18.2. The van der Waals surface area contributed by atoms with Crippen LogP contribution in [0.2, 0.25) is 0 Å². The molecule has 5 nitrogen and oxygen atoms in total. The SMILES string of the molecule is O=C(C1CCC1)N1CCC2(CCCCCc3ccccc3OCCCNC2=O)CC1. The van der Waals surface area contributed by atoms with Crippen molar-refractivity contribution in [3.8, 4) is 5.75 Å². The first-order valence-electron chi connectivity index (χ1n) is 12.0. The lowest BCUT2D eigenvalue weighted by Gasteiger charge is -2.42. The molecule has 0 radical (unpaired) electrons. The molecular weight excluding hydrogens is 376 g/mol. The van der Waals surface area contributed by atoms with Gasteiger partial charge in [0.1, 0.15) is 5.75 Å². The average molecular weight is 413 g/mol. The highest BCUT2D eigenvalue weighted by Gasteiger charge is 2.42. The van der Waals surface area contributed by atoms with Gasteiger partial charge in [-0.15, -0.1) is 0 Å². The quantitative estimate of drug-likeness (QED) is 0.756. The monoisotopic (exact) mass is 412 g/mol. The van der Waals surface area contributed by atoms with Crippen molar-refractivity contribution in [2.75, 3.05) is 26.2 Å². The zero-order chi connectivity index (χ0) is 20.8. The van der Waals surface area contributed by atoms with Gasteiger partial charge >= 0.3 is 0 Å². The fraction of sp³-hybridized carbons (Fsp3) is 0.680. The topological polar surface area (TPSA) is 58.6 Å². The first-order chi connectivity index (χ1) is 14.7. The van der Waals surface area contributed by atoms with Crippen molar-refractivity contribution in [2.45, 2.75) is 70.6 Å². The first kappa shape index (κ1) is 21.2. The van der Waals surface area contributed by atoms with E-state index in [-0.39, 0.29) is 17.2 Å². The van der Waals surface area contributed by atoms with E-state index >= 15 is 0 Å². The molecule has 1 saturated heterocycles. The Balaban J connectivity index is 1.37. The number of para-hydroxylation sites is 1. The maximum absolute atomic E-state index is 13.2. The van der Waals surface area contributed by atoms with Crippen LogP contribution in [0.25, 0.3) is 0 Å². The molecule has 4 rings (SSSR count). The number of ether oxygens (including phenoxy) is 1. The molecule has 0 unspecified atom stereocenters. The summed E-state index contributed by atoms with van der Waals surface area (Å²) < 4.78 is 5.99. The number of carbonyl (C=O) groups is 2. The number of fused-ring (bicyclic) bond motifs is 1. The molecule has 0 aromatic heterocycles. The minimum atomic E-state index is -0.306. The number of piperidine rings is 1. The molecule has 5 heteroatoms. The molecule has 0 bridgehead atoms. The molecule has 1 saturated carbocycles. The standard InChI is InChI=1S/C25H36N2O3/c28-23(21-10-6-11-21)27-17-14-25(15-18-27)13-5-1-2-8-20-9-3-4-12-22(20)30-19-7-16-26-24(25)29/h3-4,9,12,21H,1-2,5-8,10-11,13-19H2,(H,26,29). The summed E-state index contributed by atoms with van der Waals surface area (Å²) in [6, 6.07) is 8.32. The third-order valence-corrected chi connectivity index (χ3v) is 7.41. The van der Waals surface area contributed by atoms with E-state index in [2.05, 4.69) is 17.4 Å². The maximum atomic E-state index is 13.2. The number of carbonyl (C=O) groups excluding carboxylic acids is 2. The third kappa shape index (κ3) is 4.81. The van der Waals surface area contributed by atoms with Crippen molar-refractivity contribution in [2.24, 2.45) is 11.3 Å². The largest absolute Gasteiger partial charge is 0.493 e. The number of likely N-dealkylation sites (tertiary alicyclic amines) is 1. The maximum Gasteiger partial charge on any atom is 0.226 e. The number of nitrogens with zero attached hydrogens (tertiary/aromatic N) is 1. The van der Waals surface area contributed by atoms with E-state index in [0.29, 0.717) is 19.1 Å². The average Bonchev–Trinajstić information content (AvgIpc) is 2.72. The van der Waals surface area contributed by atoms with E-state index < -0.39 is 0 Å². The predicted molar refractivity (Wildman–Crippen MR) is 117 cm³/mol. The lowest BCUT2D eigenvalue weighted by Crippen LogP contribution is -2.52. The minimum absolute atomic E-state index is 0.190. The van der Waals surface area contributed by atoms with Crippen molar-refractivity contribution < 1.29 is 14.3 Å². The fourth-order valence-corrected chi connectivity index (χ4v) is 5.11. The smallest absolute Gasteiger partial charge is 0.226 e. The van der Waals surface area contributed by atoms with Gasteiger partial charge in [-0.25, -0.2) is 0 Å². The summed E-state index contributed by atoms with van der Waals surface area (Å²) in [7, 11) is 0. The van der Waals surface area contributed by atoms with E-state index in [4.69, 9.17) is 4.74 Å². The Bertz CT molecular complexity index is 736. The van der Waals surface area contributed by atoms with Crippen LogP contribution < -0.4 is 10.1 Å². The molecule has 1 aromatic rings. The molecule has 1 spiro atoms. The molecule has 30 heavy (non-hydrogen) atoms. The van der Waals surface area contributed by atoms with Crippen molar-refractivity contribution in [1.29, 1.82) is 0 Å². The predicted octanol–water partition coefficient (Wildman–Crippen LogP) is 4.10. The Labute approximate surface area is 180 Å². The number of aryl methyl sites for hydroxylation is 1. The Morgan fingerprint density at radius 1 is 1.00 bits per heavy atom. The Kier molecular flexibility index (Phi) is 6.96. The number of hydrogen-bond acceptors (Lipinski definition) is 3. The van der Waals surface area contributed by atoms with E-state index in [9.17, 15) is 9.59 Å². The second-order valence-electron chi connectivity index (χ2n) is 9.36. The summed E-state index contributed by atoms with van der Waals surface area (Å²) in [6.07, 6.45) is 11.0. The lowest BCUT2D eigenvalue weighted by molar-refractivity contribution is -0.145. The highest BCUT2D eigenvalue weighted by molar-refractivity contribution is 5.84. The number of rotatable bonds is 1. The van der Waals surface area contributed by atoms with Crippen LogP contribution in [0.3, 0.4) is 0 Å². The van der Waals surface area contributed by atoms with Gasteiger partial charge in [0.15, 0.2) is 0 Å². The van der Waals surface area contributed by atoms with Crippen molar-refractivity contribution in [3.63, 3.8) is 0 Å². The summed E-state index contributed by atoms with van der Waals surface area (Å²) in [5, 5.41) is 3.19. The number of amides is 2. The Morgan fingerprint density at radius 2 is 1.80 bits per heavy atom. The van der Waals surface area contributed by atoms with Crippen LogP contribution in [0.4, 0.5) is 0 Å². The van der Waals surface area contributed by atoms with Crippen LogP contribution in [0.5, 0.6) is 5.75 Å². The van der Waals surface area contributed by atoms with Gasteiger partial charge in [-0.05, 0) is 63.0 Å². The van der Waals surface area contributed by atoms with Gasteiger partial charge < -0.3 is 15.0 Å². The fourth-order valence-electron chi connectivity index (χ4n) is 5.11. The summed E-state index contributed by atoms with van der Waals surface area (Å²) in [5.41, 5.74) is 0.982. The molecule has 164 valence electrons. The van der Waals surface area contributed by atoms with E-state index in [1.165, 1.54) is 12.0 Å². The van der Waals surface area contributed by atoms with Gasteiger partial charge in [-0.1, -0.05) is 37.5 Å². The molecule has 2 amide bonds. The van der Waals surface area contributed by atoms with Gasteiger partial charge in [0, 0.05) is 25.6 Å². The summed E-state index contributed by atoms with van der Waals surface area (Å²) >= 11 is 0. The van der Waals surface area contributed by atoms with Crippen LogP contribution in [0, 0.1) is 11.3 Å². The first-order valence-corrected chi connectivity index (χ1v) is 12.0. The normalized spacial score (nSPS) is 23.5. The molecule has 0 atom stereocenters. The lowest BCUT2D eigenvalue weighted by atomic mass is 9.73. The number of nitrogens with one attached hydrogen (secondary N) is 1. The second-order valence-corrected chi connectivity index (χ2v) is 9.36. The molecular formula is C25H36N2O3. The molecule has 1 N–H and O–H groups in total. The van der Waals surface area contributed by atoms with Gasteiger partial charge in [0.2, 0.25) is 11.8 Å². The van der Waals surface area contributed by atoms with Crippen molar-refractivity contribution >= 4 is 11.8 Å². The van der Waals surface area contributed by atoms with Gasteiger partial charge in [-0.3, -0.25) is 9.59 Å². The molecule has 2 heterocycles. The van der Waals surface area contributed by atoms with Crippen LogP contribution >= 0.6 is 0 Å². The highest BCUT2D eigenvalue weighted by atomic mass is 16.5. The Hall–Kier alpha value is -2.04. The highest BCUT2D eigenvalue weighted by Crippen LogP contribution is 2.39. The second kappa shape index (κ2) is 9.84. The van der Waals surface area contributed by atoms with Gasteiger partial charge in [0.25, 0.3) is 0 Å². The molecule has 1 aliphatic carbocycles. The number of benzene rings is 1. The van der Waals surface area contributed by atoms with E-state index in [0.717, 1.165) is 83.0 Å². The minimum Gasteiger partial charge on any atom is -0.493 e. The van der Waals surface area contributed by atoms with Gasteiger partial charge in [-0.2, -0.15) is 0 Å². The summed E-state index contributed by atoms with van der Waals surface area (Å²) in [6.45, 7) is 2.74. The van der Waals surface area contributed by atoms with Crippen LogP contribution in [-0.2, 0) is 16.0 Å². The molecule has 2 aliphatic heterocycles. The summed E-state index contributed by atoms with van der Waals surface area (Å²) in [5.74, 6) is 1.75. The van der Waals surface area contributed by atoms with E-state index in [1.54, 1.807) is 0 Å².